The van der Waals surface area contributed by atoms with Crippen LogP contribution in [0.2, 0.25) is 0 Å². The van der Waals surface area contributed by atoms with Crippen molar-refractivity contribution in [1.29, 1.82) is 0 Å². The molecule has 4 nitrogen and oxygen atoms in total. The van der Waals surface area contributed by atoms with Crippen molar-refractivity contribution in [2.24, 2.45) is 0 Å². The minimum Gasteiger partial charge on any atom is -0.449 e. The van der Waals surface area contributed by atoms with Crippen molar-refractivity contribution in [1.82, 2.24) is 4.90 Å². The lowest BCUT2D eigenvalue weighted by Gasteiger charge is -2.27. The summed E-state index contributed by atoms with van der Waals surface area (Å²) < 4.78 is 5.05. The maximum atomic E-state index is 11.5. The van der Waals surface area contributed by atoms with Gasteiger partial charge in [-0.25, -0.2) is 4.79 Å². The lowest BCUT2D eigenvalue weighted by atomic mass is 10.1. The standard InChI is InChI=1S/C11H17NO3/c1-3-4-7-15-11(14)12-6-5-10(13)8-9(12)2/h5-6,9H,3-4,7-8H2,1-2H3. The summed E-state index contributed by atoms with van der Waals surface area (Å²) in [5.41, 5.74) is 0. The van der Waals surface area contributed by atoms with E-state index in [1.807, 2.05) is 13.8 Å². The van der Waals surface area contributed by atoms with Gasteiger partial charge in [0.2, 0.25) is 0 Å². The molecule has 0 saturated heterocycles. The number of amides is 1. The first kappa shape index (κ1) is 11.8. The maximum absolute atomic E-state index is 11.5. The number of allylic oxidation sites excluding steroid dienone is 1. The molecule has 1 unspecified atom stereocenters. The number of ether oxygens (including phenoxy) is 1. The van der Waals surface area contributed by atoms with E-state index in [-0.39, 0.29) is 17.9 Å². The van der Waals surface area contributed by atoms with Crippen LogP contribution in [-0.4, -0.2) is 29.4 Å². The quantitative estimate of drug-likeness (QED) is 0.671. The zero-order valence-electron chi connectivity index (χ0n) is 9.23. The van der Waals surface area contributed by atoms with Crippen LogP contribution < -0.4 is 0 Å². The first-order valence-electron chi connectivity index (χ1n) is 5.31. The summed E-state index contributed by atoms with van der Waals surface area (Å²) >= 11 is 0. The Balaban J connectivity index is 2.45. The molecule has 1 aliphatic heterocycles. The Hall–Kier alpha value is -1.32. The fourth-order valence-electron chi connectivity index (χ4n) is 1.39. The van der Waals surface area contributed by atoms with Crippen molar-refractivity contribution in [2.45, 2.75) is 39.2 Å². The third kappa shape index (κ3) is 3.38. The summed E-state index contributed by atoms with van der Waals surface area (Å²) in [6, 6.07) is -0.100. The lowest BCUT2D eigenvalue weighted by Crippen LogP contribution is -2.38. The predicted octanol–water partition coefficient (Wildman–Crippen LogP) is 2.10. The molecular weight excluding hydrogens is 194 g/mol. The normalized spacial score (nSPS) is 20.5. The largest absolute Gasteiger partial charge is 0.449 e. The molecular formula is C11H17NO3. The van der Waals surface area contributed by atoms with Crippen LogP contribution in [0.1, 0.15) is 33.1 Å². The third-order valence-electron chi connectivity index (χ3n) is 2.33. The molecule has 0 spiro atoms. The van der Waals surface area contributed by atoms with Gasteiger partial charge in [0, 0.05) is 18.7 Å². The summed E-state index contributed by atoms with van der Waals surface area (Å²) in [7, 11) is 0. The Labute approximate surface area is 89.9 Å². The summed E-state index contributed by atoms with van der Waals surface area (Å²) in [6.07, 6.45) is 4.80. The third-order valence-corrected chi connectivity index (χ3v) is 2.33. The highest BCUT2D eigenvalue weighted by molar-refractivity contribution is 5.92. The smallest absolute Gasteiger partial charge is 0.414 e. The van der Waals surface area contributed by atoms with E-state index >= 15 is 0 Å². The van der Waals surface area contributed by atoms with Gasteiger partial charge in [-0.05, 0) is 19.4 Å². The van der Waals surface area contributed by atoms with Crippen molar-refractivity contribution in [3.63, 3.8) is 0 Å². The fourth-order valence-corrected chi connectivity index (χ4v) is 1.39. The van der Waals surface area contributed by atoms with E-state index in [0.717, 1.165) is 12.8 Å². The highest BCUT2D eigenvalue weighted by Gasteiger charge is 2.24. The molecule has 84 valence electrons. The Kier molecular flexibility index (Phi) is 4.34. The van der Waals surface area contributed by atoms with Crippen molar-refractivity contribution < 1.29 is 14.3 Å². The van der Waals surface area contributed by atoms with Gasteiger partial charge in [-0.2, -0.15) is 0 Å². The lowest BCUT2D eigenvalue weighted by molar-refractivity contribution is -0.116. The SMILES string of the molecule is CCCCOC(=O)N1C=CC(=O)CC1C. The molecule has 4 heteroatoms. The van der Waals surface area contributed by atoms with Crippen LogP contribution >= 0.6 is 0 Å². The van der Waals surface area contributed by atoms with Crippen LogP contribution in [0, 0.1) is 0 Å². The second-order valence-electron chi connectivity index (χ2n) is 3.71. The van der Waals surface area contributed by atoms with Gasteiger partial charge in [-0.15, -0.1) is 0 Å². The van der Waals surface area contributed by atoms with Crippen LogP contribution in [0.25, 0.3) is 0 Å². The van der Waals surface area contributed by atoms with Crippen LogP contribution in [-0.2, 0) is 9.53 Å². The number of carbonyl (C=O) groups is 2. The van der Waals surface area contributed by atoms with Crippen LogP contribution in [0.5, 0.6) is 0 Å². The number of ketones is 1. The fraction of sp³-hybridized carbons (Fsp3) is 0.636. The summed E-state index contributed by atoms with van der Waals surface area (Å²) in [5.74, 6) is 0.0557. The van der Waals surface area contributed by atoms with Crippen LogP contribution in [0.15, 0.2) is 12.3 Å². The zero-order chi connectivity index (χ0) is 11.3. The van der Waals surface area contributed by atoms with E-state index in [1.165, 1.54) is 17.2 Å². The maximum Gasteiger partial charge on any atom is 0.414 e. The molecule has 1 amide bonds. The Bertz CT molecular complexity index is 273. The van der Waals surface area contributed by atoms with Crippen LogP contribution in [0.3, 0.4) is 0 Å². The number of nitrogens with zero attached hydrogens (tertiary/aromatic N) is 1. The minimum absolute atomic E-state index is 0.0557. The molecule has 1 aliphatic rings. The van der Waals surface area contributed by atoms with Gasteiger partial charge in [-0.1, -0.05) is 13.3 Å². The van der Waals surface area contributed by atoms with Gasteiger partial charge in [0.1, 0.15) is 0 Å². The molecule has 0 saturated carbocycles. The van der Waals surface area contributed by atoms with Gasteiger partial charge in [0.05, 0.1) is 6.61 Å². The summed E-state index contributed by atoms with van der Waals surface area (Å²) in [5, 5.41) is 0. The number of unbranched alkanes of at least 4 members (excludes halogenated alkanes) is 1. The highest BCUT2D eigenvalue weighted by Crippen LogP contribution is 2.13. The number of rotatable bonds is 3. The number of hydrogen-bond acceptors (Lipinski definition) is 3. The molecule has 15 heavy (non-hydrogen) atoms. The average Bonchev–Trinajstić information content (AvgIpc) is 2.17. The summed E-state index contributed by atoms with van der Waals surface area (Å²) in [4.78, 5) is 24.0. The van der Waals surface area contributed by atoms with Crippen molar-refractivity contribution in [3.05, 3.63) is 12.3 Å². The monoisotopic (exact) mass is 211 g/mol. The van der Waals surface area contributed by atoms with E-state index < -0.39 is 0 Å². The first-order chi connectivity index (χ1) is 7.15. The second kappa shape index (κ2) is 5.53. The van der Waals surface area contributed by atoms with E-state index in [9.17, 15) is 9.59 Å². The Morgan fingerprint density at radius 1 is 1.67 bits per heavy atom. The topological polar surface area (TPSA) is 46.6 Å². The Morgan fingerprint density at radius 3 is 3.00 bits per heavy atom. The van der Waals surface area contributed by atoms with Gasteiger partial charge < -0.3 is 4.74 Å². The molecule has 0 aromatic rings. The second-order valence-corrected chi connectivity index (χ2v) is 3.71. The van der Waals surface area contributed by atoms with E-state index in [4.69, 9.17) is 4.74 Å². The van der Waals surface area contributed by atoms with Crippen LogP contribution in [0.4, 0.5) is 4.79 Å². The molecule has 0 aromatic heterocycles. The van der Waals surface area contributed by atoms with Gasteiger partial charge >= 0.3 is 6.09 Å². The molecule has 0 bridgehead atoms. The van der Waals surface area contributed by atoms with Crippen molar-refractivity contribution in [3.8, 4) is 0 Å². The molecule has 0 aliphatic carbocycles. The average molecular weight is 211 g/mol. The molecule has 0 fully saturated rings. The van der Waals surface area contributed by atoms with Crippen molar-refractivity contribution >= 4 is 11.9 Å². The van der Waals surface area contributed by atoms with E-state index in [0.29, 0.717) is 13.0 Å². The molecule has 1 rings (SSSR count). The minimum atomic E-state index is -0.361. The Morgan fingerprint density at radius 2 is 2.40 bits per heavy atom. The molecule has 0 aromatic carbocycles. The predicted molar refractivity (Wildman–Crippen MR) is 56.3 cm³/mol. The molecule has 1 heterocycles. The zero-order valence-corrected chi connectivity index (χ0v) is 9.23. The molecule has 1 atom stereocenters. The van der Waals surface area contributed by atoms with E-state index in [1.54, 1.807) is 0 Å². The van der Waals surface area contributed by atoms with Gasteiger partial charge in [0.15, 0.2) is 5.78 Å². The van der Waals surface area contributed by atoms with E-state index in [2.05, 4.69) is 0 Å². The number of carbonyl (C=O) groups excluding carboxylic acids is 2. The van der Waals surface area contributed by atoms with Gasteiger partial charge in [-0.3, -0.25) is 9.69 Å². The summed E-state index contributed by atoms with van der Waals surface area (Å²) in [6.45, 7) is 4.32. The molecule has 0 N–H and O–H groups in total. The first-order valence-corrected chi connectivity index (χ1v) is 5.31. The number of hydrogen-bond donors (Lipinski definition) is 0. The molecule has 0 radical (unpaired) electrons. The van der Waals surface area contributed by atoms with Crippen molar-refractivity contribution in [2.75, 3.05) is 6.61 Å². The van der Waals surface area contributed by atoms with Gasteiger partial charge in [0.25, 0.3) is 0 Å². The highest BCUT2D eigenvalue weighted by atomic mass is 16.6.